The minimum atomic E-state index is -0.396. The summed E-state index contributed by atoms with van der Waals surface area (Å²) >= 11 is 0. The van der Waals surface area contributed by atoms with Gasteiger partial charge in [0.15, 0.2) is 0 Å². The number of nitrogens with zero attached hydrogens (tertiary/aromatic N) is 4. The van der Waals surface area contributed by atoms with Crippen LogP contribution in [0.25, 0.3) is 11.0 Å². The number of esters is 1. The molecule has 44 heavy (non-hydrogen) atoms. The number of hydrogen-bond acceptors (Lipinski definition) is 7. The molecule has 3 aromatic carbocycles. The molecule has 10 nitrogen and oxygen atoms in total. The van der Waals surface area contributed by atoms with Crippen molar-refractivity contribution < 1.29 is 14.3 Å². The van der Waals surface area contributed by atoms with Crippen molar-refractivity contribution in [2.75, 3.05) is 16.8 Å². The van der Waals surface area contributed by atoms with Crippen molar-refractivity contribution in [1.82, 2.24) is 14.5 Å². The van der Waals surface area contributed by atoms with Crippen LogP contribution in [0.2, 0.25) is 0 Å². The monoisotopic (exact) mass is 587 g/mol. The highest BCUT2D eigenvalue weighted by atomic mass is 16.5. The zero-order valence-corrected chi connectivity index (χ0v) is 24.4. The summed E-state index contributed by atoms with van der Waals surface area (Å²) < 4.78 is 7.72. The summed E-state index contributed by atoms with van der Waals surface area (Å²) in [5.41, 5.74) is 11.4. The summed E-state index contributed by atoms with van der Waals surface area (Å²) in [5.74, 6) is 1.19. The molecule has 4 N–H and O–H groups in total. The van der Waals surface area contributed by atoms with Crippen molar-refractivity contribution in [1.29, 1.82) is 5.41 Å². The second-order valence-electron chi connectivity index (χ2n) is 10.8. The molecule has 0 saturated carbocycles. The second-order valence-corrected chi connectivity index (χ2v) is 10.8. The Morgan fingerprint density at radius 1 is 1.02 bits per heavy atom. The number of carbonyl (C=O) groups is 2. The van der Waals surface area contributed by atoms with E-state index < -0.39 is 5.97 Å². The molecule has 0 aliphatic heterocycles. The molecule has 1 aliphatic carbocycles. The van der Waals surface area contributed by atoms with E-state index in [1.165, 1.54) is 10.5 Å². The lowest BCUT2D eigenvalue weighted by Gasteiger charge is -2.21. The maximum absolute atomic E-state index is 13.9. The maximum atomic E-state index is 13.9. The highest BCUT2D eigenvalue weighted by Crippen LogP contribution is 2.31. The minimum Gasteiger partial charge on any atom is -0.426 e. The Hall–Kier alpha value is -5.51. The van der Waals surface area contributed by atoms with Gasteiger partial charge in [-0.1, -0.05) is 18.2 Å². The molecule has 6 rings (SSSR count). The average Bonchev–Trinajstić information content (AvgIpc) is 3.65. The number of anilines is 2. The SMILES string of the molecule is Cn1c(CNc2ccc(C(=N)N)cc2)nc2cc(C(=O)N(CCC(=O)Oc3cccc4c3CCC4)c3ccccn3)ccc21. The van der Waals surface area contributed by atoms with Crippen LogP contribution < -0.4 is 20.7 Å². The van der Waals surface area contributed by atoms with Gasteiger partial charge < -0.3 is 20.4 Å². The molecule has 0 bridgehead atoms. The number of nitrogens with two attached hydrogens (primary N) is 1. The lowest BCUT2D eigenvalue weighted by atomic mass is 10.1. The largest absolute Gasteiger partial charge is 0.426 e. The molecular formula is C34H33N7O3. The third kappa shape index (κ3) is 6.00. The molecule has 1 aliphatic rings. The van der Waals surface area contributed by atoms with Crippen LogP contribution in [0.5, 0.6) is 5.75 Å². The highest BCUT2D eigenvalue weighted by molar-refractivity contribution is 6.07. The third-order valence-electron chi connectivity index (χ3n) is 7.90. The first-order valence-corrected chi connectivity index (χ1v) is 14.6. The van der Waals surface area contributed by atoms with Crippen molar-refractivity contribution in [3.8, 4) is 5.75 Å². The predicted molar refractivity (Wildman–Crippen MR) is 170 cm³/mol. The van der Waals surface area contributed by atoms with Gasteiger partial charge in [-0.15, -0.1) is 0 Å². The van der Waals surface area contributed by atoms with Gasteiger partial charge >= 0.3 is 5.97 Å². The van der Waals surface area contributed by atoms with E-state index in [1.807, 2.05) is 48.0 Å². The van der Waals surface area contributed by atoms with Crippen LogP contribution in [0.15, 0.2) is 85.1 Å². The van der Waals surface area contributed by atoms with E-state index in [-0.39, 0.29) is 24.7 Å². The number of nitrogen functional groups attached to an aromatic ring is 1. The normalized spacial score (nSPS) is 12.1. The van der Waals surface area contributed by atoms with Gasteiger partial charge in [-0.3, -0.25) is 19.9 Å². The molecule has 0 radical (unpaired) electrons. The Morgan fingerprint density at radius 3 is 2.61 bits per heavy atom. The Labute approximate surface area is 255 Å². The van der Waals surface area contributed by atoms with Gasteiger partial charge in [-0.05, 0) is 91.1 Å². The number of rotatable bonds is 10. The molecule has 0 atom stereocenters. The number of benzene rings is 3. The van der Waals surface area contributed by atoms with Crippen LogP contribution in [0.3, 0.4) is 0 Å². The van der Waals surface area contributed by atoms with E-state index in [4.69, 9.17) is 20.9 Å². The Bertz CT molecular complexity index is 1850. The van der Waals surface area contributed by atoms with Crippen LogP contribution in [0.1, 0.15) is 45.7 Å². The topological polar surface area (TPSA) is 139 Å². The van der Waals surface area contributed by atoms with Gasteiger partial charge in [0.25, 0.3) is 5.91 Å². The Morgan fingerprint density at radius 2 is 1.84 bits per heavy atom. The molecule has 0 spiro atoms. The zero-order valence-electron chi connectivity index (χ0n) is 24.4. The van der Waals surface area contributed by atoms with Gasteiger partial charge in [0.1, 0.15) is 23.2 Å². The van der Waals surface area contributed by atoms with Crippen LogP contribution in [0, 0.1) is 5.41 Å². The summed E-state index contributed by atoms with van der Waals surface area (Å²) in [4.78, 5) is 37.5. The van der Waals surface area contributed by atoms with Crippen molar-refractivity contribution in [2.45, 2.75) is 32.2 Å². The summed E-state index contributed by atoms with van der Waals surface area (Å²) in [6.45, 7) is 0.572. The number of amidine groups is 1. The summed E-state index contributed by atoms with van der Waals surface area (Å²) in [7, 11) is 1.93. The number of pyridine rings is 1. The van der Waals surface area contributed by atoms with E-state index in [9.17, 15) is 9.59 Å². The molecule has 2 aromatic heterocycles. The molecule has 0 unspecified atom stereocenters. The van der Waals surface area contributed by atoms with Gasteiger partial charge in [-0.2, -0.15) is 0 Å². The molecule has 0 saturated heterocycles. The molecule has 222 valence electrons. The van der Waals surface area contributed by atoms with E-state index in [0.717, 1.165) is 41.9 Å². The van der Waals surface area contributed by atoms with Crippen LogP contribution >= 0.6 is 0 Å². The first kappa shape index (κ1) is 28.6. The number of carbonyl (C=O) groups excluding carboxylic acids is 2. The number of fused-ring (bicyclic) bond motifs is 2. The minimum absolute atomic E-state index is 0.0149. The van der Waals surface area contributed by atoms with Gasteiger partial charge in [0.05, 0.1) is 24.0 Å². The quantitative estimate of drug-likeness (QED) is 0.0905. The fourth-order valence-electron chi connectivity index (χ4n) is 5.54. The molecule has 0 fully saturated rings. The molecule has 10 heteroatoms. The molecule has 2 heterocycles. The number of aromatic nitrogens is 3. The standard InChI is InChI=1S/C34H33N7O3/c1-40-28-16-13-24(20-27(28)39-31(40)21-38-25-14-11-23(12-15-25)33(35)36)34(43)41(30-10-2-3-18-37-30)19-17-32(42)44-29-9-5-7-22-6-4-8-26(22)29/h2-3,5,7,9-16,18,20,38H,4,6,8,17,19,21H2,1H3,(H3,35,36). The fraction of sp³-hybridized carbons (Fsp3) is 0.206. The fourth-order valence-corrected chi connectivity index (χ4v) is 5.54. The Kier molecular flexibility index (Phi) is 8.05. The molecule has 5 aromatic rings. The lowest BCUT2D eigenvalue weighted by Crippen LogP contribution is -2.34. The van der Waals surface area contributed by atoms with Crippen molar-refractivity contribution in [3.63, 3.8) is 0 Å². The van der Waals surface area contributed by atoms with Gasteiger partial charge in [-0.25, -0.2) is 9.97 Å². The van der Waals surface area contributed by atoms with Gasteiger partial charge in [0, 0.05) is 36.6 Å². The zero-order chi connectivity index (χ0) is 30.6. The number of nitrogens with one attached hydrogen (secondary N) is 2. The number of aryl methyl sites for hydroxylation is 2. The van der Waals surface area contributed by atoms with Crippen molar-refractivity contribution in [2.24, 2.45) is 12.8 Å². The molecular weight excluding hydrogens is 554 g/mol. The second kappa shape index (κ2) is 12.4. The number of amides is 1. The number of hydrogen-bond donors (Lipinski definition) is 3. The predicted octanol–water partition coefficient (Wildman–Crippen LogP) is 5.00. The van der Waals surface area contributed by atoms with E-state index in [2.05, 4.69) is 16.4 Å². The first-order valence-electron chi connectivity index (χ1n) is 14.6. The first-order chi connectivity index (χ1) is 21.4. The van der Waals surface area contributed by atoms with Gasteiger partial charge in [0.2, 0.25) is 0 Å². The van der Waals surface area contributed by atoms with E-state index in [1.54, 1.807) is 42.6 Å². The van der Waals surface area contributed by atoms with Crippen LogP contribution in [-0.2, 0) is 31.2 Å². The molecule has 1 amide bonds. The van der Waals surface area contributed by atoms with Crippen molar-refractivity contribution >= 4 is 40.3 Å². The number of ether oxygens (including phenoxy) is 1. The summed E-state index contributed by atoms with van der Waals surface area (Å²) in [6.07, 6.45) is 4.59. The third-order valence-corrected chi connectivity index (χ3v) is 7.90. The Balaban J connectivity index is 1.18. The van der Waals surface area contributed by atoms with Crippen LogP contribution in [-0.4, -0.2) is 38.8 Å². The average molecular weight is 588 g/mol. The van der Waals surface area contributed by atoms with E-state index >= 15 is 0 Å². The smallest absolute Gasteiger partial charge is 0.313 e. The number of imidazole rings is 1. The van der Waals surface area contributed by atoms with Crippen LogP contribution in [0.4, 0.5) is 11.5 Å². The lowest BCUT2D eigenvalue weighted by molar-refractivity contribution is -0.134. The summed E-state index contributed by atoms with van der Waals surface area (Å²) in [5, 5.41) is 10.9. The highest BCUT2D eigenvalue weighted by Gasteiger charge is 2.23. The van der Waals surface area contributed by atoms with E-state index in [0.29, 0.717) is 34.8 Å². The maximum Gasteiger partial charge on any atom is 0.313 e. The summed E-state index contributed by atoms with van der Waals surface area (Å²) in [6, 6.07) is 23.9. The van der Waals surface area contributed by atoms with Crippen molar-refractivity contribution in [3.05, 3.63) is 113 Å².